The Labute approximate surface area is 160 Å². The summed E-state index contributed by atoms with van der Waals surface area (Å²) < 4.78 is 6.01. The fraction of sp³-hybridized carbons (Fsp3) is 0.133. The average Bonchev–Trinajstić information content (AvgIpc) is 3.23. The van der Waals surface area contributed by atoms with E-state index < -0.39 is 17.7 Å². The highest BCUT2D eigenvalue weighted by Crippen LogP contribution is 2.30. The van der Waals surface area contributed by atoms with Gasteiger partial charge in [0.25, 0.3) is 0 Å². The molecule has 0 spiro atoms. The number of oxime groups is 1. The van der Waals surface area contributed by atoms with Crippen LogP contribution < -0.4 is 5.73 Å². The van der Waals surface area contributed by atoms with Crippen LogP contribution in [0.4, 0.5) is 5.13 Å². The van der Waals surface area contributed by atoms with Crippen LogP contribution in [0.15, 0.2) is 39.1 Å². The van der Waals surface area contributed by atoms with Gasteiger partial charge in [-0.05, 0) is 23.9 Å². The number of para-hydroxylation sites is 1. The molecule has 0 bridgehead atoms. The van der Waals surface area contributed by atoms with Crippen LogP contribution in [0.1, 0.15) is 5.69 Å². The van der Waals surface area contributed by atoms with Crippen molar-refractivity contribution in [2.75, 3.05) is 19.5 Å². The molecule has 0 unspecified atom stereocenters. The zero-order valence-corrected chi connectivity index (χ0v) is 15.8. The molecule has 0 amide bonds. The molecule has 0 saturated carbocycles. The molecule has 3 aromatic rings. The lowest BCUT2D eigenvalue weighted by molar-refractivity contribution is -0.145. The number of rotatable bonds is 6. The molecule has 2 heterocycles. The van der Waals surface area contributed by atoms with E-state index in [-0.39, 0.29) is 11.4 Å². The van der Waals surface area contributed by atoms with Gasteiger partial charge in [0.05, 0.1) is 17.3 Å². The third-order valence-electron chi connectivity index (χ3n) is 2.98. The number of ether oxygens (including phenoxy) is 1. The van der Waals surface area contributed by atoms with E-state index in [1.807, 2.05) is 24.3 Å². The van der Waals surface area contributed by atoms with E-state index in [0.29, 0.717) is 9.47 Å². The molecule has 8 nitrogen and oxygen atoms in total. The Morgan fingerprint density at radius 2 is 2.12 bits per heavy atom. The monoisotopic (exact) mass is 408 g/mol. The van der Waals surface area contributed by atoms with Crippen LogP contribution in [-0.4, -0.2) is 40.5 Å². The highest BCUT2D eigenvalue weighted by Gasteiger charge is 2.21. The SMILES string of the molecule is COC(=O)CON=C(C(=O)Sc1nc2ccccc2s1)c1csc(N)n1. The van der Waals surface area contributed by atoms with Gasteiger partial charge in [-0.1, -0.05) is 17.3 Å². The number of esters is 1. The van der Waals surface area contributed by atoms with Gasteiger partial charge in [0, 0.05) is 5.38 Å². The molecule has 11 heteroatoms. The second-order valence-electron chi connectivity index (χ2n) is 4.70. The van der Waals surface area contributed by atoms with Crippen LogP contribution in [0.5, 0.6) is 0 Å². The number of nitrogens with two attached hydrogens (primary N) is 1. The number of carbonyl (C=O) groups excluding carboxylic acids is 2. The van der Waals surface area contributed by atoms with Crippen molar-refractivity contribution in [3.63, 3.8) is 0 Å². The predicted octanol–water partition coefficient (Wildman–Crippen LogP) is 2.55. The van der Waals surface area contributed by atoms with Crippen LogP contribution in [0, 0.1) is 0 Å². The van der Waals surface area contributed by atoms with Crippen molar-refractivity contribution in [1.82, 2.24) is 9.97 Å². The Morgan fingerprint density at radius 1 is 1.31 bits per heavy atom. The number of methoxy groups -OCH3 is 1. The first-order chi connectivity index (χ1) is 12.6. The van der Waals surface area contributed by atoms with Gasteiger partial charge < -0.3 is 15.3 Å². The number of thioether (sulfide) groups is 1. The first-order valence-corrected chi connectivity index (χ1v) is 9.64. The molecular weight excluding hydrogens is 396 g/mol. The molecule has 0 saturated heterocycles. The molecule has 26 heavy (non-hydrogen) atoms. The van der Waals surface area contributed by atoms with Crippen molar-refractivity contribution in [1.29, 1.82) is 0 Å². The first-order valence-electron chi connectivity index (χ1n) is 7.12. The minimum absolute atomic E-state index is 0.0499. The summed E-state index contributed by atoms with van der Waals surface area (Å²) in [5.74, 6) is -0.614. The molecule has 0 fully saturated rings. The molecule has 0 aliphatic carbocycles. The summed E-state index contributed by atoms with van der Waals surface area (Å²) in [7, 11) is 1.23. The smallest absolute Gasteiger partial charge is 0.346 e. The zero-order chi connectivity index (χ0) is 18.5. The van der Waals surface area contributed by atoms with E-state index in [0.717, 1.165) is 22.0 Å². The van der Waals surface area contributed by atoms with E-state index in [4.69, 9.17) is 10.6 Å². The standard InChI is InChI=1S/C15H12N4O4S3/c1-22-11(20)6-23-19-12(9-7-24-14(16)17-9)13(21)26-15-18-8-4-2-3-5-10(8)25-15/h2-5,7H,6H2,1H3,(H2,16,17). The first kappa shape index (κ1) is 18.3. The molecule has 0 aliphatic heterocycles. The van der Waals surface area contributed by atoms with Gasteiger partial charge in [-0.3, -0.25) is 4.79 Å². The Balaban J connectivity index is 1.81. The number of thiazole rings is 2. The number of benzene rings is 1. The number of carbonyl (C=O) groups is 2. The van der Waals surface area contributed by atoms with Gasteiger partial charge in [0.1, 0.15) is 5.69 Å². The summed E-state index contributed by atoms with van der Waals surface area (Å²) >= 11 is 3.47. The molecule has 2 aromatic heterocycles. The Morgan fingerprint density at radius 3 is 2.81 bits per heavy atom. The lowest BCUT2D eigenvalue weighted by Crippen LogP contribution is -2.15. The predicted molar refractivity (Wildman–Crippen MR) is 102 cm³/mol. The van der Waals surface area contributed by atoms with Crippen LogP contribution in [0.3, 0.4) is 0 Å². The van der Waals surface area contributed by atoms with Crippen molar-refractivity contribution in [3.05, 3.63) is 35.3 Å². The van der Waals surface area contributed by atoms with Crippen LogP contribution in [0.2, 0.25) is 0 Å². The van der Waals surface area contributed by atoms with Crippen molar-refractivity contribution >= 4 is 66.6 Å². The third-order valence-corrected chi connectivity index (χ3v) is 5.63. The topological polar surface area (TPSA) is 117 Å². The van der Waals surface area contributed by atoms with Gasteiger partial charge in [-0.25, -0.2) is 14.8 Å². The molecule has 0 atom stereocenters. The summed E-state index contributed by atoms with van der Waals surface area (Å²) in [4.78, 5) is 37.2. The Bertz CT molecular complexity index is 949. The molecular formula is C15H12N4O4S3. The van der Waals surface area contributed by atoms with Gasteiger partial charge >= 0.3 is 5.97 Å². The minimum atomic E-state index is -0.614. The molecule has 0 aliphatic rings. The summed E-state index contributed by atoms with van der Waals surface area (Å²) in [5.41, 5.74) is 6.66. The average molecular weight is 408 g/mol. The van der Waals surface area contributed by atoms with Crippen molar-refractivity contribution in [3.8, 4) is 0 Å². The number of hydrogen-bond acceptors (Lipinski definition) is 11. The van der Waals surface area contributed by atoms with Gasteiger partial charge in [-0.15, -0.1) is 22.7 Å². The van der Waals surface area contributed by atoms with Crippen molar-refractivity contribution in [2.24, 2.45) is 5.16 Å². The lowest BCUT2D eigenvalue weighted by atomic mass is 10.3. The quantitative estimate of drug-likeness (QED) is 0.286. The van der Waals surface area contributed by atoms with Gasteiger partial charge in [-0.2, -0.15) is 0 Å². The van der Waals surface area contributed by atoms with Crippen LogP contribution in [-0.2, 0) is 19.2 Å². The van der Waals surface area contributed by atoms with E-state index in [2.05, 4.69) is 19.9 Å². The van der Waals surface area contributed by atoms with E-state index in [1.54, 1.807) is 5.38 Å². The third kappa shape index (κ3) is 4.36. The normalized spacial score (nSPS) is 11.5. The summed E-state index contributed by atoms with van der Waals surface area (Å²) in [6, 6.07) is 7.58. The van der Waals surface area contributed by atoms with E-state index in [1.165, 1.54) is 29.8 Å². The Kier molecular flexibility index (Phi) is 5.81. The fourth-order valence-corrected chi connectivity index (χ4v) is 4.26. The highest BCUT2D eigenvalue weighted by molar-refractivity contribution is 8.16. The summed E-state index contributed by atoms with van der Waals surface area (Å²) in [5, 5.41) is 5.22. The van der Waals surface area contributed by atoms with Crippen molar-refractivity contribution < 1.29 is 19.2 Å². The number of anilines is 1. The molecule has 3 rings (SSSR count). The maximum absolute atomic E-state index is 12.7. The molecule has 2 N–H and O–H groups in total. The molecule has 1 aromatic carbocycles. The zero-order valence-electron chi connectivity index (χ0n) is 13.4. The fourth-order valence-electron chi connectivity index (χ4n) is 1.82. The number of nitrogens with zero attached hydrogens (tertiary/aromatic N) is 3. The number of nitrogen functional groups attached to an aromatic ring is 1. The van der Waals surface area contributed by atoms with Gasteiger partial charge in [0.2, 0.25) is 11.7 Å². The summed E-state index contributed by atoms with van der Waals surface area (Å²) in [6.07, 6.45) is 0. The highest BCUT2D eigenvalue weighted by atomic mass is 32.2. The van der Waals surface area contributed by atoms with E-state index >= 15 is 0 Å². The maximum Gasteiger partial charge on any atom is 0.346 e. The number of fused-ring (bicyclic) bond motifs is 1. The number of aromatic nitrogens is 2. The lowest BCUT2D eigenvalue weighted by Gasteiger charge is -2.02. The number of hydrogen-bond donors (Lipinski definition) is 1. The van der Waals surface area contributed by atoms with E-state index in [9.17, 15) is 9.59 Å². The molecule has 0 radical (unpaired) electrons. The minimum Gasteiger partial charge on any atom is -0.466 e. The maximum atomic E-state index is 12.7. The Hall–Kier alpha value is -2.50. The van der Waals surface area contributed by atoms with Gasteiger partial charge in [0.15, 0.2) is 15.2 Å². The van der Waals surface area contributed by atoms with Crippen molar-refractivity contribution in [2.45, 2.75) is 4.34 Å². The second-order valence-corrected chi connectivity index (χ2v) is 7.84. The second kappa shape index (κ2) is 8.25. The largest absolute Gasteiger partial charge is 0.466 e. The van der Waals surface area contributed by atoms with Crippen LogP contribution >= 0.6 is 34.4 Å². The van der Waals surface area contributed by atoms with Crippen LogP contribution in [0.25, 0.3) is 10.2 Å². The summed E-state index contributed by atoms with van der Waals surface area (Å²) in [6.45, 7) is -0.418. The molecule has 134 valence electrons.